The summed E-state index contributed by atoms with van der Waals surface area (Å²) in [4.78, 5) is 25.6. The van der Waals surface area contributed by atoms with E-state index in [1.807, 2.05) is 37.3 Å². The van der Waals surface area contributed by atoms with E-state index in [2.05, 4.69) is 10.6 Å². The fourth-order valence-corrected chi connectivity index (χ4v) is 2.40. The summed E-state index contributed by atoms with van der Waals surface area (Å²) < 4.78 is 4.96. The van der Waals surface area contributed by atoms with Gasteiger partial charge in [-0.1, -0.05) is 18.2 Å². The largest absolute Gasteiger partial charge is 0.383 e. The van der Waals surface area contributed by atoms with Crippen LogP contribution < -0.4 is 15.5 Å². The zero-order valence-electron chi connectivity index (χ0n) is 12.3. The zero-order chi connectivity index (χ0) is 15.2. The van der Waals surface area contributed by atoms with Crippen molar-refractivity contribution in [3.05, 3.63) is 30.3 Å². The molecule has 3 amide bonds. The molecule has 1 fully saturated rings. The van der Waals surface area contributed by atoms with Gasteiger partial charge in [-0.05, 0) is 19.1 Å². The molecule has 2 atom stereocenters. The number of ether oxygens (including phenoxy) is 1. The number of hydrogen-bond donors (Lipinski definition) is 2. The van der Waals surface area contributed by atoms with Gasteiger partial charge < -0.3 is 20.3 Å². The number of urea groups is 1. The lowest BCUT2D eigenvalue weighted by atomic mass is 10.2. The standard InChI is InChI=1S/C15H21N3O3/c1-11(10-21-2)16-15(20)17-12-8-14(19)18(9-12)13-6-4-3-5-7-13/h3-7,11-12H,8-10H2,1-2H3,(H2,16,17,20)/t11-,12+/m0/s1. The van der Waals surface area contributed by atoms with Crippen molar-refractivity contribution in [2.45, 2.75) is 25.4 Å². The fraction of sp³-hybridized carbons (Fsp3) is 0.467. The third kappa shape index (κ3) is 4.19. The Morgan fingerprint density at radius 2 is 2.14 bits per heavy atom. The third-order valence-electron chi connectivity index (χ3n) is 3.32. The average Bonchev–Trinajstić information content (AvgIpc) is 2.80. The molecule has 0 aliphatic carbocycles. The summed E-state index contributed by atoms with van der Waals surface area (Å²) in [6, 6.07) is 8.95. The molecule has 0 radical (unpaired) electrons. The minimum Gasteiger partial charge on any atom is -0.383 e. The van der Waals surface area contributed by atoms with Gasteiger partial charge in [0.25, 0.3) is 0 Å². The summed E-state index contributed by atoms with van der Waals surface area (Å²) in [5.74, 6) is 0.0245. The van der Waals surface area contributed by atoms with Gasteiger partial charge in [0.2, 0.25) is 5.91 Å². The molecule has 0 saturated carbocycles. The van der Waals surface area contributed by atoms with Crippen LogP contribution in [-0.2, 0) is 9.53 Å². The molecule has 2 N–H and O–H groups in total. The van der Waals surface area contributed by atoms with E-state index >= 15 is 0 Å². The van der Waals surface area contributed by atoms with Crippen LogP contribution in [0, 0.1) is 0 Å². The van der Waals surface area contributed by atoms with E-state index < -0.39 is 0 Å². The quantitative estimate of drug-likeness (QED) is 0.854. The molecule has 1 saturated heterocycles. The Kier molecular flexibility index (Phi) is 5.16. The van der Waals surface area contributed by atoms with Crippen molar-refractivity contribution in [3.63, 3.8) is 0 Å². The highest BCUT2D eigenvalue weighted by Crippen LogP contribution is 2.20. The van der Waals surface area contributed by atoms with Crippen molar-refractivity contribution < 1.29 is 14.3 Å². The number of rotatable bonds is 5. The van der Waals surface area contributed by atoms with Crippen molar-refractivity contribution in [1.29, 1.82) is 0 Å². The SMILES string of the molecule is COC[C@H](C)NC(=O)N[C@@H]1CC(=O)N(c2ccccc2)C1. The molecule has 21 heavy (non-hydrogen) atoms. The maximum absolute atomic E-state index is 12.0. The molecule has 1 aliphatic rings. The topological polar surface area (TPSA) is 70.7 Å². The number of carbonyl (C=O) groups is 2. The van der Waals surface area contributed by atoms with Gasteiger partial charge in [0.05, 0.1) is 18.7 Å². The van der Waals surface area contributed by atoms with Crippen LogP contribution >= 0.6 is 0 Å². The molecule has 0 spiro atoms. The Morgan fingerprint density at radius 1 is 1.43 bits per heavy atom. The van der Waals surface area contributed by atoms with Gasteiger partial charge in [-0.15, -0.1) is 0 Å². The monoisotopic (exact) mass is 291 g/mol. The molecule has 0 aromatic heterocycles. The predicted molar refractivity (Wildman–Crippen MR) is 80.2 cm³/mol. The molecule has 1 heterocycles. The number of methoxy groups -OCH3 is 1. The first-order valence-electron chi connectivity index (χ1n) is 7.01. The zero-order valence-corrected chi connectivity index (χ0v) is 12.3. The summed E-state index contributed by atoms with van der Waals surface area (Å²) in [6.45, 7) is 2.81. The lowest BCUT2D eigenvalue weighted by Gasteiger charge is -2.18. The molecule has 6 heteroatoms. The van der Waals surface area contributed by atoms with Crippen LogP contribution in [0.4, 0.5) is 10.5 Å². The maximum atomic E-state index is 12.0. The maximum Gasteiger partial charge on any atom is 0.315 e. The number of para-hydroxylation sites is 1. The number of carbonyl (C=O) groups excluding carboxylic acids is 2. The molecule has 6 nitrogen and oxygen atoms in total. The first-order valence-corrected chi connectivity index (χ1v) is 7.01. The van der Waals surface area contributed by atoms with Crippen LogP contribution in [0.5, 0.6) is 0 Å². The van der Waals surface area contributed by atoms with E-state index in [4.69, 9.17) is 4.74 Å². The molecular weight excluding hydrogens is 270 g/mol. The van der Waals surface area contributed by atoms with Crippen LogP contribution in [0.15, 0.2) is 30.3 Å². The highest BCUT2D eigenvalue weighted by molar-refractivity contribution is 5.96. The Balaban J connectivity index is 1.87. The Hall–Kier alpha value is -2.08. The number of nitrogens with one attached hydrogen (secondary N) is 2. The summed E-state index contributed by atoms with van der Waals surface area (Å²) in [7, 11) is 1.59. The van der Waals surface area contributed by atoms with Crippen molar-refractivity contribution >= 4 is 17.6 Å². The third-order valence-corrected chi connectivity index (χ3v) is 3.32. The van der Waals surface area contributed by atoms with Crippen molar-refractivity contribution in [3.8, 4) is 0 Å². The number of hydrogen-bond acceptors (Lipinski definition) is 3. The summed E-state index contributed by atoms with van der Waals surface area (Å²) >= 11 is 0. The summed E-state index contributed by atoms with van der Waals surface area (Å²) in [5.41, 5.74) is 0.861. The molecule has 0 bridgehead atoms. The smallest absolute Gasteiger partial charge is 0.315 e. The van der Waals surface area contributed by atoms with Gasteiger partial charge in [-0.3, -0.25) is 4.79 Å². The molecule has 1 aliphatic heterocycles. The first kappa shape index (κ1) is 15.3. The fourth-order valence-electron chi connectivity index (χ4n) is 2.40. The molecular formula is C15H21N3O3. The van der Waals surface area contributed by atoms with E-state index in [0.29, 0.717) is 19.6 Å². The Bertz CT molecular complexity index is 492. The normalized spacial score (nSPS) is 19.4. The van der Waals surface area contributed by atoms with Gasteiger partial charge in [0, 0.05) is 25.8 Å². The lowest BCUT2D eigenvalue weighted by Crippen LogP contribution is -2.47. The predicted octanol–water partition coefficient (Wildman–Crippen LogP) is 1.13. The number of nitrogens with zero attached hydrogens (tertiary/aromatic N) is 1. The van der Waals surface area contributed by atoms with Crippen LogP contribution in [0.25, 0.3) is 0 Å². The Labute approximate surface area is 124 Å². The lowest BCUT2D eigenvalue weighted by molar-refractivity contribution is -0.117. The van der Waals surface area contributed by atoms with E-state index in [1.54, 1.807) is 12.0 Å². The minimum atomic E-state index is -0.271. The number of benzene rings is 1. The van der Waals surface area contributed by atoms with Crippen molar-refractivity contribution in [2.75, 3.05) is 25.2 Å². The van der Waals surface area contributed by atoms with Gasteiger partial charge in [0.1, 0.15) is 0 Å². The minimum absolute atomic E-state index is 0.0245. The second-order valence-corrected chi connectivity index (χ2v) is 5.22. The van der Waals surface area contributed by atoms with Crippen LogP contribution in [0.2, 0.25) is 0 Å². The van der Waals surface area contributed by atoms with E-state index in [-0.39, 0.29) is 24.0 Å². The van der Waals surface area contributed by atoms with Gasteiger partial charge >= 0.3 is 6.03 Å². The van der Waals surface area contributed by atoms with Crippen molar-refractivity contribution in [1.82, 2.24) is 10.6 Å². The molecule has 0 unspecified atom stereocenters. The second-order valence-electron chi connectivity index (χ2n) is 5.22. The summed E-state index contributed by atoms with van der Waals surface area (Å²) in [6.07, 6.45) is 0.320. The van der Waals surface area contributed by atoms with Gasteiger partial charge in [-0.2, -0.15) is 0 Å². The van der Waals surface area contributed by atoms with E-state index in [1.165, 1.54) is 0 Å². The average molecular weight is 291 g/mol. The number of amides is 3. The second kappa shape index (κ2) is 7.08. The molecule has 1 aromatic rings. The van der Waals surface area contributed by atoms with Crippen LogP contribution in [0.1, 0.15) is 13.3 Å². The van der Waals surface area contributed by atoms with Crippen molar-refractivity contribution in [2.24, 2.45) is 0 Å². The highest BCUT2D eigenvalue weighted by Gasteiger charge is 2.31. The van der Waals surface area contributed by atoms with Crippen LogP contribution in [-0.4, -0.2) is 44.3 Å². The van der Waals surface area contributed by atoms with Gasteiger partial charge in [-0.25, -0.2) is 4.79 Å². The van der Waals surface area contributed by atoms with Crippen LogP contribution in [0.3, 0.4) is 0 Å². The highest BCUT2D eigenvalue weighted by atomic mass is 16.5. The van der Waals surface area contributed by atoms with Gasteiger partial charge in [0.15, 0.2) is 0 Å². The Morgan fingerprint density at radius 3 is 2.81 bits per heavy atom. The summed E-state index contributed by atoms with van der Waals surface area (Å²) in [5, 5.41) is 5.60. The first-order chi connectivity index (χ1) is 10.1. The van der Waals surface area contributed by atoms with E-state index in [0.717, 1.165) is 5.69 Å². The number of anilines is 1. The molecule has 2 rings (SSSR count). The molecule has 114 valence electrons. The van der Waals surface area contributed by atoms with E-state index in [9.17, 15) is 9.59 Å². The molecule has 1 aromatic carbocycles.